The molecule has 0 aromatic carbocycles. The van der Waals surface area contributed by atoms with Gasteiger partial charge in [-0.15, -0.1) is 0 Å². The number of unbranched alkanes of at least 4 members (excludes halogenated alkanes) is 56. The van der Waals surface area contributed by atoms with E-state index in [0.29, 0.717) is 12.8 Å². The molecule has 0 bridgehead atoms. The summed E-state index contributed by atoms with van der Waals surface area (Å²) in [5, 5.41) is 9.72. The van der Waals surface area contributed by atoms with E-state index in [1.807, 2.05) is 0 Å². The van der Waals surface area contributed by atoms with Gasteiger partial charge in [0, 0.05) is 12.8 Å². The van der Waals surface area contributed by atoms with Crippen molar-refractivity contribution in [2.45, 2.75) is 431 Å². The lowest BCUT2D eigenvalue weighted by Gasteiger charge is -2.15. The number of rotatable bonds is 72. The summed E-state index contributed by atoms with van der Waals surface area (Å²) in [6.07, 6.45) is 102. The highest BCUT2D eigenvalue weighted by atomic mass is 16.6. The van der Waals surface area contributed by atoms with E-state index < -0.39 is 6.10 Å². The predicted molar refractivity (Wildman–Crippen MR) is 371 cm³/mol. The maximum Gasteiger partial charge on any atom is 0.306 e. The summed E-state index contributed by atoms with van der Waals surface area (Å²) in [4.78, 5) is 24.7. The molecule has 0 spiro atoms. The predicted octanol–water partition coefficient (Wildman–Crippen LogP) is 26.7. The number of aliphatic hydroxyl groups excluding tert-OH is 1. The second-order valence-corrected chi connectivity index (χ2v) is 26.1. The van der Waals surface area contributed by atoms with Crippen LogP contribution in [0, 0.1) is 0 Å². The molecule has 0 fully saturated rings. The summed E-state index contributed by atoms with van der Waals surface area (Å²) in [6, 6.07) is 0. The van der Waals surface area contributed by atoms with E-state index in [1.54, 1.807) is 0 Å². The molecule has 5 nitrogen and oxygen atoms in total. The normalized spacial score (nSPS) is 12.4. The van der Waals surface area contributed by atoms with Crippen LogP contribution in [0.3, 0.4) is 0 Å². The summed E-state index contributed by atoms with van der Waals surface area (Å²) in [5.41, 5.74) is 0. The van der Waals surface area contributed by atoms with Gasteiger partial charge in [-0.05, 0) is 51.4 Å². The Bertz CT molecular complexity index is 1380. The largest absolute Gasteiger partial charge is 0.462 e. The second-order valence-electron chi connectivity index (χ2n) is 26.1. The highest BCUT2D eigenvalue weighted by molar-refractivity contribution is 5.70. The molecule has 1 unspecified atom stereocenters. The van der Waals surface area contributed by atoms with Gasteiger partial charge in [-0.2, -0.15) is 0 Å². The van der Waals surface area contributed by atoms with Crippen LogP contribution in [-0.2, 0) is 19.1 Å². The van der Waals surface area contributed by atoms with Crippen molar-refractivity contribution < 1.29 is 24.2 Å². The number of hydrogen-bond acceptors (Lipinski definition) is 5. The molecule has 0 saturated heterocycles. The summed E-state index contributed by atoms with van der Waals surface area (Å²) in [6.45, 7) is 4.10. The van der Waals surface area contributed by atoms with Gasteiger partial charge < -0.3 is 14.6 Å². The van der Waals surface area contributed by atoms with Crippen LogP contribution < -0.4 is 0 Å². The molecule has 0 saturated carbocycles. The third kappa shape index (κ3) is 72.3. The van der Waals surface area contributed by atoms with Gasteiger partial charge in [0.25, 0.3) is 0 Å². The van der Waals surface area contributed by atoms with Gasteiger partial charge in [-0.3, -0.25) is 9.59 Å². The number of carbonyl (C=O) groups is 2. The quantitative estimate of drug-likeness (QED) is 0.0373. The Balaban J connectivity index is 3.36. The molecule has 0 aromatic rings. The number of carbonyl (C=O) groups excluding carboxylic acids is 2. The molecule has 494 valence electrons. The van der Waals surface area contributed by atoms with E-state index in [2.05, 4.69) is 62.5 Å². The average molecular weight is 1180 g/mol. The van der Waals surface area contributed by atoms with E-state index in [1.165, 1.54) is 340 Å². The van der Waals surface area contributed by atoms with E-state index in [0.717, 1.165) is 57.8 Å². The van der Waals surface area contributed by atoms with Crippen LogP contribution in [-0.4, -0.2) is 36.4 Å². The molecule has 0 heterocycles. The number of esters is 2. The smallest absolute Gasteiger partial charge is 0.306 e. The Morgan fingerprint density at radius 2 is 0.512 bits per heavy atom. The molecule has 0 aliphatic heterocycles. The second kappa shape index (κ2) is 75.1. The number of allylic oxidation sites excluding steroid dienone is 8. The first-order valence-corrected chi connectivity index (χ1v) is 38.2. The van der Waals surface area contributed by atoms with E-state index in [4.69, 9.17) is 9.47 Å². The molecule has 5 heteroatoms. The fraction of sp³-hybridized carbons (Fsp3) is 0.873. The third-order valence-electron chi connectivity index (χ3n) is 17.6. The van der Waals surface area contributed by atoms with Crippen molar-refractivity contribution in [1.29, 1.82) is 0 Å². The van der Waals surface area contributed by atoms with Gasteiger partial charge in [0.15, 0.2) is 6.10 Å². The summed E-state index contributed by atoms with van der Waals surface area (Å²) in [5.74, 6) is -0.563. The van der Waals surface area contributed by atoms with Crippen molar-refractivity contribution in [1.82, 2.24) is 0 Å². The summed E-state index contributed by atoms with van der Waals surface area (Å²) in [7, 11) is 0. The Hall–Kier alpha value is -2.14. The number of ether oxygens (including phenoxy) is 2. The van der Waals surface area contributed by atoms with Gasteiger partial charge in [-0.25, -0.2) is 0 Å². The van der Waals surface area contributed by atoms with Gasteiger partial charge in [0.1, 0.15) is 6.61 Å². The van der Waals surface area contributed by atoms with Crippen molar-refractivity contribution in [3.8, 4) is 0 Å². The molecule has 1 N–H and O–H groups in total. The minimum absolute atomic E-state index is 0.0587. The van der Waals surface area contributed by atoms with Crippen LogP contribution in [0.5, 0.6) is 0 Å². The molecule has 84 heavy (non-hydrogen) atoms. The zero-order valence-electron chi connectivity index (χ0n) is 56.9. The zero-order valence-corrected chi connectivity index (χ0v) is 56.9. The fourth-order valence-electron chi connectivity index (χ4n) is 12.0. The summed E-state index contributed by atoms with van der Waals surface area (Å²) >= 11 is 0. The standard InChI is InChI=1S/C79H148O5/c1-3-5-7-9-11-13-15-17-19-21-23-25-27-29-31-33-35-37-39-41-43-45-47-49-51-53-55-57-59-61-63-65-67-69-71-73-78(81)83-76-77(75-80)84-79(82)74-72-70-68-66-64-62-60-58-56-54-52-50-48-46-44-42-40-38-36-34-32-30-28-26-24-22-20-18-16-14-12-10-8-6-4-2/h6,8,12,14,18,20,24,26,77,80H,3-5,7,9-11,13,15-17,19,21-23,25,27-76H2,1-2H3/b8-6-,14-12-,20-18-,26-24-. The minimum Gasteiger partial charge on any atom is -0.462 e. The zero-order chi connectivity index (χ0) is 60.5. The van der Waals surface area contributed by atoms with Gasteiger partial charge >= 0.3 is 11.9 Å². The molecule has 0 rings (SSSR count). The SMILES string of the molecule is CC/C=C\C/C=C\C/C=C\C/C=C\CCCCCCCCCCCCCCCCCCCCCCCCC(=O)OC(CO)COC(=O)CCCCCCCCCCCCCCCCCCCCCCCCCCCCCCCCCCCCC. The third-order valence-corrected chi connectivity index (χ3v) is 17.6. The van der Waals surface area contributed by atoms with E-state index >= 15 is 0 Å². The maximum atomic E-state index is 12.4. The van der Waals surface area contributed by atoms with Crippen molar-refractivity contribution in [3.05, 3.63) is 48.6 Å². The van der Waals surface area contributed by atoms with Crippen LogP contribution in [0.25, 0.3) is 0 Å². The lowest BCUT2D eigenvalue weighted by Crippen LogP contribution is -2.28. The molecule has 1 atom stereocenters. The first-order chi connectivity index (χ1) is 41.6. The van der Waals surface area contributed by atoms with Crippen LogP contribution in [0.2, 0.25) is 0 Å². The van der Waals surface area contributed by atoms with E-state index in [9.17, 15) is 14.7 Å². The molecule has 0 radical (unpaired) electrons. The van der Waals surface area contributed by atoms with Crippen molar-refractivity contribution in [2.75, 3.05) is 13.2 Å². The molecule has 0 aliphatic rings. The molecular formula is C79H148O5. The first-order valence-electron chi connectivity index (χ1n) is 38.2. The van der Waals surface area contributed by atoms with Gasteiger partial charge in [0.05, 0.1) is 6.61 Å². The number of aliphatic hydroxyl groups is 1. The lowest BCUT2D eigenvalue weighted by atomic mass is 10.0. The fourth-order valence-corrected chi connectivity index (χ4v) is 12.0. The molecule has 0 aliphatic carbocycles. The monoisotopic (exact) mass is 1180 g/mol. The van der Waals surface area contributed by atoms with Crippen LogP contribution in [0.1, 0.15) is 425 Å². The Labute approximate surface area is 526 Å². The molecule has 0 amide bonds. The molecule has 0 aromatic heterocycles. The van der Waals surface area contributed by atoms with Gasteiger partial charge in [0.2, 0.25) is 0 Å². The van der Waals surface area contributed by atoms with Crippen LogP contribution in [0.15, 0.2) is 48.6 Å². The van der Waals surface area contributed by atoms with Crippen LogP contribution in [0.4, 0.5) is 0 Å². The topological polar surface area (TPSA) is 72.8 Å². The first kappa shape index (κ1) is 81.9. The van der Waals surface area contributed by atoms with Gasteiger partial charge in [-0.1, -0.05) is 409 Å². The highest BCUT2D eigenvalue weighted by Crippen LogP contribution is 2.20. The average Bonchev–Trinajstić information content (AvgIpc) is 3.51. The lowest BCUT2D eigenvalue weighted by molar-refractivity contribution is -0.161. The van der Waals surface area contributed by atoms with Crippen LogP contribution >= 0.6 is 0 Å². The van der Waals surface area contributed by atoms with E-state index in [-0.39, 0.29) is 25.2 Å². The Kier molecular flexibility index (Phi) is 73.2. The highest BCUT2D eigenvalue weighted by Gasteiger charge is 2.16. The minimum atomic E-state index is -0.770. The van der Waals surface area contributed by atoms with Crippen molar-refractivity contribution in [3.63, 3.8) is 0 Å². The Morgan fingerprint density at radius 3 is 0.774 bits per heavy atom. The summed E-state index contributed by atoms with van der Waals surface area (Å²) < 4.78 is 10.8. The van der Waals surface area contributed by atoms with Crippen molar-refractivity contribution >= 4 is 11.9 Å². The molecular weight excluding hydrogens is 1030 g/mol. The Morgan fingerprint density at radius 1 is 0.286 bits per heavy atom. The maximum absolute atomic E-state index is 12.4. The number of hydrogen-bond donors (Lipinski definition) is 1. The van der Waals surface area contributed by atoms with Crippen molar-refractivity contribution in [2.24, 2.45) is 0 Å².